The van der Waals surface area contributed by atoms with Crippen LogP contribution in [-0.4, -0.2) is 76.1 Å². The molecule has 3 aliphatic rings. The topological polar surface area (TPSA) is 109 Å². The highest BCUT2D eigenvalue weighted by Crippen LogP contribution is 2.41. The number of amides is 2. The Balaban J connectivity index is 1.16. The molecule has 0 radical (unpaired) electrons. The van der Waals surface area contributed by atoms with Crippen molar-refractivity contribution in [2.24, 2.45) is 17.1 Å². The fraction of sp³-hybridized carbons (Fsp3) is 0.567. The summed E-state index contributed by atoms with van der Waals surface area (Å²) in [4.78, 5) is 33.2. The molecule has 1 saturated carbocycles. The molecule has 3 fully saturated rings. The number of halogens is 1. The summed E-state index contributed by atoms with van der Waals surface area (Å²) >= 11 is 0. The Bertz CT molecular complexity index is 1210. The number of piperidine rings is 1. The van der Waals surface area contributed by atoms with Gasteiger partial charge >= 0.3 is 0 Å². The van der Waals surface area contributed by atoms with E-state index in [1.807, 2.05) is 0 Å². The first-order chi connectivity index (χ1) is 18.6. The van der Waals surface area contributed by atoms with E-state index < -0.39 is 29.3 Å². The van der Waals surface area contributed by atoms with E-state index in [0.717, 1.165) is 32.0 Å². The van der Waals surface area contributed by atoms with E-state index in [4.69, 9.17) is 10.5 Å². The van der Waals surface area contributed by atoms with E-state index in [1.165, 1.54) is 49.8 Å². The lowest BCUT2D eigenvalue weighted by molar-refractivity contribution is -0.126. The van der Waals surface area contributed by atoms with Gasteiger partial charge in [0.1, 0.15) is 11.4 Å². The molecule has 210 valence electrons. The van der Waals surface area contributed by atoms with Gasteiger partial charge in [-0.2, -0.15) is 0 Å². The van der Waals surface area contributed by atoms with Crippen LogP contribution in [0.4, 0.5) is 4.39 Å². The van der Waals surface area contributed by atoms with Gasteiger partial charge in [-0.15, -0.1) is 0 Å². The summed E-state index contributed by atoms with van der Waals surface area (Å²) < 4.78 is 21.0. The fourth-order valence-electron chi connectivity index (χ4n) is 6.24. The van der Waals surface area contributed by atoms with Gasteiger partial charge in [0.15, 0.2) is 0 Å². The lowest BCUT2D eigenvalue weighted by atomic mass is 9.70. The number of rotatable bonds is 8. The Hall–Kier alpha value is -3.04. The second-order valence-corrected chi connectivity index (χ2v) is 12.2. The van der Waals surface area contributed by atoms with Crippen molar-refractivity contribution in [3.63, 3.8) is 0 Å². The number of nitrogens with zero attached hydrogens (tertiary/aromatic N) is 3. The van der Waals surface area contributed by atoms with Crippen LogP contribution < -0.4 is 10.5 Å². The minimum Gasteiger partial charge on any atom is -0.477 e. The van der Waals surface area contributed by atoms with Crippen LogP contribution in [0.3, 0.4) is 0 Å². The zero-order chi connectivity index (χ0) is 27.8. The number of β-amino-alcohol motifs (C(OH)–C–C–N with tert-alkyl or cyclic N) is 1. The molecule has 2 aliphatic heterocycles. The maximum absolute atomic E-state index is 15.1. The summed E-state index contributed by atoms with van der Waals surface area (Å²) in [5.74, 6) is -0.828. The van der Waals surface area contributed by atoms with Crippen LogP contribution in [0.25, 0.3) is 11.1 Å². The van der Waals surface area contributed by atoms with Crippen molar-refractivity contribution in [3.8, 4) is 17.0 Å². The molecular formula is C30H39FN4O4. The van der Waals surface area contributed by atoms with Gasteiger partial charge in [-0.25, -0.2) is 9.37 Å². The molecule has 3 heterocycles. The van der Waals surface area contributed by atoms with Crippen molar-refractivity contribution in [1.29, 1.82) is 0 Å². The number of carbonyl (C=O) groups is 2. The molecule has 9 heteroatoms. The number of primary amides is 1. The summed E-state index contributed by atoms with van der Waals surface area (Å²) in [6.45, 7) is 7.96. The van der Waals surface area contributed by atoms with Gasteiger partial charge in [0.05, 0.1) is 12.7 Å². The van der Waals surface area contributed by atoms with E-state index in [0.29, 0.717) is 34.9 Å². The molecule has 3 N–H and O–H groups in total. The van der Waals surface area contributed by atoms with Gasteiger partial charge in [0, 0.05) is 48.5 Å². The molecule has 5 rings (SSSR count). The van der Waals surface area contributed by atoms with E-state index >= 15 is 4.39 Å². The van der Waals surface area contributed by atoms with Gasteiger partial charge in [-0.3, -0.25) is 9.59 Å². The van der Waals surface area contributed by atoms with E-state index in [1.54, 1.807) is 18.3 Å². The molecule has 2 aromatic rings. The number of aliphatic hydroxyl groups excluding tert-OH is 1. The van der Waals surface area contributed by atoms with Gasteiger partial charge in [0.2, 0.25) is 11.8 Å². The van der Waals surface area contributed by atoms with Crippen molar-refractivity contribution in [2.45, 2.75) is 64.0 Å². The van der Waals surface area contributed by atoms with Crippen molar-refractivity contribution in [1.82, 2.24) is 14.8 Å². The third kappa shape index (κ3) is 5.79. The maximum Gasteiger partial charge on any atom is 0.254 e. The SMILES string of the molecule is CC1(CN2CCC(COc3ccc(-c4ccc(C(=O)N5C[C@H](O)C[C@@]5(C)C(N)=O)cc4F)cn3)CC2)CCC1. The average molecular weight is 539 g/mol. The zero-order valence-electron chi connectivity index (χ0n) is 22.9. The number of hydrogen-bond donors (Lipinski definition) is 2. The van der Waals surface area contributed by atoms with E-state index in [9.17, 15) is 14.7 Å². The molecule has 1 aliphatic carbocycles. The first kappa shape index (κ1) is 27.5. The van der Waals surface area contributed by atoms with Crippen LogP contribution in [0, 0.1) is 17.2 Å². The van der Waals surface area contributed by atoms with Crippen LogP contribution >= 0.6 is 0 Å². The quantitative estimate of drug-likeness (QED) is 0.532. The van der Waals surface area contributed by atoms with Gasteiger partial charge < -0.3 is 25.4 Å². The van der Waals surface area contributed by atoms with E-state index in [-0.39, 0.29) is 18.5 Å². The van der Waals surface area contributed by atoms with E-state index in [2.05, 4.69) is 16.8 Å². The Morgan fingerprint density at radius 3 is 2.51 bits per heavy atom. The standard InChI is InChI=1S/C30H39FN4O4/c1-29(10-3-11-29)19-34-12-8-20(9-13-34)18-39-26-7-5-22(16-33-26)24-6-4-21(14-25(24)31)27(37)35-17-23(36)15-30(35,2)28(32)38/h4-7,14,16,20,23,36H,3,8-13,15,17-19H2,1-2H3,(H2,32,38)/t23-,30+/m1/s1. The highest BCUT2D eigenvalue weighted by molar-refractivity contribution is 5.99. The van der Waals surface area contributed by atoms with Gasteiger partial charge in [-0.1, -0.05) is 19.4 Å². The maximum atomic E-state index is 15.1. The highest BCUT2D eigenvalue weighted by atomic mass is 19.1. The predicted molar refractivity (Wildman–Crippen MR) is 146 cm³/mol. The number of ether oxygens (including phenoxy) is 1. The van der Waals surface area contributed by atoms with Crippen LogP contribution in [-0.2, 0) is 4.79 Å². The first-order valence-electron chi connectivity index (χ1n) is 14.0. The van der Waals surface area contributed by atoms with Crippen LogP contribution in [0.15, 0.2) is 36.5 Å². The third-order valence-electron chi connectivity index (χ3n) is 9.00. The average Bonchev–Trinajstić information content (AvgIpc) is 3.22. The largest absolute Gasteiger partial charge is 0.477 e. The molecule has 2 amide bonds. The summed E-state index contributed by atoms with van der Waals surface area (Å²) in [5.41, 5.74) is 5.65. The number of hydrogen-bond acceptors (Lipinski definition) is 6. The fourth-order valence-corrected chi connectivity index (χ4v) is 6.24. The molecule has 1 aromatic carbocycles. The molecular weight excluding hydrogens is 499 g/mol. The lowest BCUT2D eigenvalue weighted by Crippen LogP contribution is -2.53. The smallest absolute Gasteiger partial charge is 0.254 e. The molecule has 0 bridgehead atoms. The molecule has 2 saturated heterocycles. The number of aliphatic hydroxyl groups is 1. The second kappa shape index (κ2) is 10.8. The molecule has 8 nitrogen and oxygen atoms in total. The minimum absolute atomic E-state index is 0.0361. The molecule has 1 aromatic heterocycles. The molecule has 0 unspecified atom stereocenters. The Kier molecular flexibility index (Phi) is 7.66. The van der Waals surface area contributed by atoms with Crippen LogP contribution in [0.2, 0.25) is 0 Å². The number of likely N-dealkylation sites (tertiary alicyclic amines) is 2. The van der Waals surface area contributed by atoms with Crippen LogP contribution in [0.5, 0.6) is 5.88 Å². The zero-order valence-corrected chi connectivity index (χ0v) is 22.9. The van der Waals surface area contributed by atoms with Crippen molar-refractivity contribution < 1.29 is 23.8 Å². The second-order valence-electron chi connectivity index (χ2n) is 12.2. The Morgan fingerprint density at radius 2 is 1.92 bits per heavy atom. The lowest BCUT2D eigenvalue weighted by Gasteiger charge is -2.44. The number of carbonyl (C=O) groups excluding carboxylic acids is 2. The summed E-state index contributed by atoms with van der Waals surface area (Å²) in [6, 6.07) is 7.67. The minimum atomic E-state index is -1.32. The summed E-state index contributed by atoms with van der Waals surface area (Å²) in [5, 5.41) is 10.0. The first-order valence-corrected chi connectivity index (χ1v) is 14.0. The van der Waals surface area contributed by atoms with Crippen molar-refractivity contribution in [3.05, 3.63) is 47.9 Å². The highest BCUT2D eigenvalue weighted by Gasteiger charge is 2.48. The molecule has 2 atom stereocenters. The van der Waals surface area contributed by atoms with Gasteiger partial charge in [-0.05, 0) is 75.2 Å². The summed E-state index contributed by atoms with van der Waals surface area (Å²) in [7, 11) is 0. The normalized spacial score (nSPS) is 25.3. The van der Waals surface area contributed by atoms with Crippen molar-refractivity contribution in [2.75, 3.05) is 32.8 Å². The van der Waals surface area contributed by atoms with Gasteiger partial charge in [0.25, 0.3) is 5.91 Å². The number of aromatic nitrogens is 1. The number of benzene rings is 1. The molecule has 0 spiro atoms. The Morgan fingerprint density at radius 1 is 1.18 bits per heavy atom. The molecule has 39 heavy (non-hydrogen) atoms. The Labute approximate surface area is 229 Å². The third-order valence-corrected chi connectivity index (χ3v) is 9.00. The van der Waals surface area contributed by atoms with Crippen LogP contribution in [0.1, 0.15) is 62.7 Å². The summed E-state index contributed by atoms with van der Waals surface area (Å²) in [6.07, 6.45) is 7.07. The van der Waals surface area contributed by atoms with Crippen molar-refractivity contribution >= 4 is 11.8 Å². The number of nitrogens with two attached hydrogens (primary N) is 1. The monoisotopic (exact) mass is 538 g/mol. The number of pyridine rings is 1. The predicted octanol–water partition coefficient (Wildman–Crippen LogP) is 3.62.